The van der Waals surface area contributed by atoms with Gasteiger partial charge in [-0.15, -0.1) is 37.3 Å². The molecule has 1 aromatic rings. The zero-order valence-electron chi connectivity index (χ0n) is 13.3. The van der Waals surface area contributed by atoms with Gasteiger partial charge >= 0.3 is 12.4 Å². The number of piperazine rings is 1. The normalized spacial score (nSPS) is 18.0. The molecule has 25 heavy (non-hydrogen) atoms. The van der Waals surface area contributed by atoms with Crippen molar-refractivity contribution in [3.63, 3.8) is 0 Å². The van der Waals surface area contributed by atoms with E-state index in [1.807, 2.05) is 0 Å². The number of carbonyl (C=O) groups is 1. The molecule has 1 fully saturated rings. The van der Waals surface area contributed by atoms with Gasteiger partial charge in [0.05, 0.1) is 6.54 Å². The lowest BCUT2D eigenvalue weighted by atomic mass is 10.2. The van der Waals surface area contributed by atoms with Crippen molar-refractivity contribution >= 4 is 30.2 Å². The minimum atomic E-state index is -4.75. The molecule has 0 atom stereocenters. The number of nitrogens with one attached hydrogen (secondary N) is 1. The molecule has 0 aromatic heterocycles. The molecule has 2 aliphatic rings. The monoisotopic (exact) mass is 397 g/mol. The van der Waals surface area contributed by atoms with E-state index >= 15 is 0 Å². The number of hydrogen-bond donors (Lipinski definition) is 1. The summed E-state index contributed by atoms with van der Waals surface area (Å²) in [6, 6.07) is 4.47. The number of nitrogens with zero attached hydrogens (tertiary/aromatic N) is 2. The van der Waals surface area contributed by atoms with Gasteiger partial charge in [0, 0.05) is 48.9 Å². The van der Waals surface area contributed by atoms with E-state index in [0.717, 1.165) is 18.0 Å². The van der Waals surface area contributed by atoms with Gasteiger partial charge in [0.1, 0.15) is 5.75 Å². The summed E-state index contributed by atoms with van der Waals surface area (Å²) in [5.74, 6) is 0.410. The van der Waals surface area contributed by atoms with Gasteiger partial charge in [-0.2, -0.15) is 0 Å². The van der Waals surface area contributed by atoms with E-state index in [2.05, 4.69) is 10.1 Å². The highest BCUT2D eigenvalue weighted by molar-refractivity contribution is 7.99. The van der Waals surface area contributed by atoms with Crippen LogP contribution in [0.1, 0.15) is 5.56 Å². The lowest BCUT2D eigenvalue weighted by molar-refractivity contribution is -0.275. The van der Waals surface area contributed by atoms with E-state index in [4.69, 9.17) is 0 Å². The van der Waals surface area contributed by atoms with Crippen LogP contribution in [0.2, 0.25) is 0 Å². The third-order valence-electron chi connectivity index (χ3n) is 3.94. The van der Waals surface area contributed by atoms with Crippen LogP contribution in [0.15, 0.2) is 23.1 Å². The number of carbonyl (C=O) groups excluding carboxylic acids is 1. The Hall–Kier alpha value is -1.32. The van der Waals surface area contributed by atoms with Crippen LogP contribution in [0.3, 0.4) is 0 Å². The maximum absolute atomic E-state index is 12.7. The van der Waals surface area contributed by atoms with E-state index in [9.17, 15) is 18.0 Å². The molecule has 1 aromatic carbocycles. The number of rotatable bonds is 1. The van der Waals surface area contributed by atoms with Crippen molar-refractivity contribution in [3.05, 3.63) is 23.8 Å². The largest absolute Gasteiger partial charge is 0.573 e. The summed E-state index contributed by atoms with van der Waals surface area (Å²) < 4.78 is 42.1. The summed E-state index contributed by atoms with van der Waals surface area (Å²) >= 11 is 1.45. The zero-order valence-corrected chi connectivity index (χ0v) is 15.0. The van der Waals surface area contributed by atoms with Crippen LogP contribution in [0.4, 0.5) is 18.0 Å². The Balaban J connectivity index is 0.00000225. The van der Waals surface area contributed by atoms with Crippen LogP contribution in [0.25, 0.3) is 0 Å². The Morgan fingerprint density at radius 2 is 1.88 bits per heavy atom. The minimum Gasteiger partial charge on any atom is -0.405 e. The molecule has 0 spiro atoms. The third-order valence-corrected chi connectivity index (χ3v) is 5.02. The molecule has 2 aliphatic heterocycles. The van der Waals surface area contributed by atoms with Crippen LogP contribution in [-0.2, 0) is 6.54 Å². The first-order valence-electron chi connectivity index (χ1n) is 7.69. The minimum absolute atomic E-state index is 0. The Morgan fingerprint density at radius 1 is 1.16 bits per heavy atom. The smallest absolute Gasteiger partial charge is 0.405 e. The standard InChI is InChI=1S/C15H18F3N3O2S.ClH/c16-15(17,18)23-12-2-1-3-13-11(12)10-21(8-9-24-13)14(22)20-6-4-19-5-7-20;/h1-3,19H,4-10H2;1H. The molecule has 0 saturated carbocycles. The highest BCUT2D eigenvalue weighted by Crippen LogP contribution is 2.36. The van der Waals surface area contributed by atoms with Gasteiger partial charge in [-0.25, -0.2) is 4.79 Å². The lowest BCUT2D eigenvalue weighted by Gasteiger charge is -2.33. The summed E-state index contributed by atoms with van der Waals surface area (Å²) in [4.78, 5) is 16.7. The maximum atomic E-state index is 12.7. The maximum Gasteiger partial charge on any atom is 0.573 e. The van der Waals surface area contributed by atoms with Crippen molar-refractivity contribution < 1.29 is 22.7 Å². The number of amides is 2. The SMILES string of the molecule is Cl.O=C(N1CCNCC1)N1CCSc2cccc(OC(F)(F)F)c2C1. The van der Waals surface area contributed by atoms with E-state index < -0.39 is 6.36 Å². The number of urea groups is 1. The average molecular weight is 398 g/mol. The van der Waals surface area contributed by atoms with Gasteiger partial charge in [-0.1, -0.05) is 6.07 Å². The van der Waals surface area contributed by atoms with Crippen molar-refractivity contribution in [2.75, 3.05) is 38.5 Å². The van der Waals surface area contributed by atoms with Gasteiger partial charge in [-0.3, -0.25) is 0 Å². The summed E-state index contributed by atoms with van der Waals surface area (Å²) in [5, 5.41) is 3.17. The molecule has 0 bridgehead atoms. The Labute approximate surface area is 154 Å². The van der Waals surface area contributed by atoms with Gasteiger partial charge in [0.25, 0.3) is 0 Å². The molecular formula is C15H19ClF3N3O2S. The van der Waals surface area contributed by atoms with Crippen molar-refractivity contribution in [1.29, 1.82) is 0 Å². The second-order valence-corrected chi connectivity index (χ2v) is 6.71. The van der Waals surface area contributed by atoms with Crippen molar-refractivity contribution in [2.24, 2.45) is 0 Å². The van der Waals surface area contributed by atoms with Crippen LogP contribution in [0.5, 0.6) is 5.75 Å². The molecular weight excluding hydrogens is 379 g/mol. The Bertz CT molecular complexity index is 612. The first-order chi connectivity index (χ1) is 11.4. The fourth-order valence-corrected chi connectivity index (χ4v) is 3.86. The lowest BCUT2D eigenvalue weighted by Crippen LogP contribution is -2.51. The van der Waals surface area contributed by atoms with Crippen molar-refractivity contribution in [1.82, 2.24) is 15.1 Å². The fourth-order valence-electron chi connectivity index (χ4n) is 2.81. The highest BCUT2D eigenvalue weighted by atomic mass is 35.5. The summed E-state index contributed by atoms with van der Waals surface area (Å²) in [6.07, 6.45) is -4.75. The van der Waals surface area contributed by atoms with Crippen LogP contribution in [-0.4, -0.2) is 60.7 Å². The average Bonchev–Trinajstić information content (AvgIpc) is 2.77. The summed E-state index contributed by atoms with van der Waals surface area (Å²) in [5.41, 5.74) is 0.417. The molecule has 2 heterocycles. The third kappa shape index (κ3) is 5.08. The molecule has 10 heteroatoms. The topological polar surface area (TPSA) is 44.8 Å². The van der Waals surface area contributed by atoms with Crippen LogP contribution in [0, 0.1) is 0 Å². The van der Waals surface area contributed by atoms with E-state index in [1.54, 1.807) is 21.9 Å². The number of halogens is 4. The van der Waals surface area contributed by atoms with E-state index in [1.165, 1.54) is 17.8 Å². The van der Waals surface area contributed by atoms with Crippen LogP contribution >= 0.6 is 24.2 Å². The summed E-state index contributed by atoms with van der Waals surface area (Å²) in [7, 11) is 0. The molecule has 1 saturated heterocycles. The molecule has 0 unspecified atom stereocenters. The second-order valence-electron chi connectivity index (χ2n) is 5.57. The van der Waals surface area contributed by atoms with Gasteiger partial charge in [-0.05, 0) is 12.1 Å². The van der Waals surface area contributed by atoms with Crippen molar-refractivity contribution in [3.8, 4) is 5.75 Å². The van der Waals surface area contributed by atoms with Gasteiger partial charge in [0.15, 0.2) is 0 Å². The van der Waals surface area contributed by atoms with E-state index in [-0.39, 0.29) is 30.7 Å². The van der Waals surface area contributed by atoms with Gasteiger partial charge < -0.3 is 19.9 Å². The van der Waals surface area contributed by atoms with Crippen LogP contribution < -0.4 is 10.1 Å². The summed E-state index contributed by atoms with van der Waals surface area (Å²) in [6.45, 7) is 3.29. The van der Waals surface area contributed by atoms with Crippen molar-refractivity contribution in [2.45, 2.75) is 17.8 Å². The highest BCUT2D eigenvalue weighted by Gasteiger charge is 2.34. The molecule has 2 amide bonds. The predicted octanol–water partition coefficient (Wildman–Crippen LogP) is 2.94. The van der Waals surface area contributed by atoms with Gasteiger partial charge in [0.2, 0.25) is 0 Å². The molecule has 5 nitrogen and oxygen atoms in total. The Kier molecular flexibility index (Phi) is 6.70. The first kappa shape index (κ1) is 20.0. The second kappa shape index (κ2) is 8.37. The Morgan fingerprint density at radius 3 is 2.56 bits per heavy atom. The predicted molar refractivity (Wildman–Crippen MR) is 91.3 cm³/mol. The molecule has 140 valence electrons. The number of alkyl halides is 3. The number of fused-ring (bicyclic) bond motifs is 1. The molecule has 0 aliphatic carbocycles. The fraction of sp³-hybridized carbons (Fsp3) is 0.533. The molecule has 3 rings (SSSR count). The first-order valence-corrected chi connectivity index (χ1v) is 8.67. The number of ether oxygens (including phenoxy) is 1. The quantitative estimate of drug-likeness (QED) is 0.791. The number of thioether (sulfide) groups is 1. The number of hydrogen-bond acceptors (Lipinski definition) is 4. The zero-order chi connectivity index (χ0) is 17.2. The molecule has 0 radical (unpaired) electrons. The molecule has 1 N–H and O–H groups in total. The van der Waals surface area contributed by atoms with E-state index in [0.29, 0.717) is 31.0 Å². The number of benzene rings is 1.